The van der Waals surface area contributed by atoms with E-state index in [9.17, 15) is 4.79 Å². The van der Waals surface area contributed by atoms with Crippen molar-refractivity contribution in [2.45, 2.75) is 25.9 Å². The number of piperidine rings is 1. The highest BCUT2D eigenvalue weighted by Gasteiger charge is 2.25. The number of carbonyl (C=O) groups excluding carboxylic acids is 1. The molecule has 1 fully saturated rings. The summed E-state index contributed by atoms with van der Waals surface area (Å²) in [5, 5.41) is 0. The Hall–Kier alpha value is -3.21. The largest absolute Gasteiger partial charge is 0.490 e. The van der Waals surface area contributed by atoms with Gasteiger partial charge in [0.2, 0.25) is 0 Å². The molecular formula is C23H23N3O2. The summed E-state index contributed by atoms with van der Waals surface area (Å²) in [6, 6.07) is 15.7. The molecule has 0 unspecified atom stereocenters. The number of hydrogen-bond donors (Lipinski definition) is 0. The molecule has 0 N–H and O–H groups in total. The van der Waals surface area contributed by atoms with E-state index in [0.29, 0.717) is 18.7 Å². The molecule has 1 aliphatic rings. The van der Waals surface area contributed by atoms with Crippen LogP contribution in [0, 0.1) is 6.92 Å². The van der Waals surface area contributed by atoms with Gasteiger partial charge in [-0.2, -0.15) is 0 Å². The molecule has 0 bridgehead atoms. The molecule has 0 radical (unpaired) electrons. The van der Waals surface area contributed by atoms with Gasteiger partial charge in [0.25, 0.3) is 5.91 Å². The predicted octanol–water partition coefficient (Wildman–Crippen LogP) is 4.14. The van der Waals surface area contributed by atoms with E-state index in [4.69, 9.17) is 4.74 Å². The number of aromatic nitrogens is 2. The molecule has 2 aromatic carbocycles. The fourth-order valence-electron chi connectivity index (χ4n) is 3.50. The monoisotopic (exact) mass is 373 g/mol. The maximum Gasteiger partial charge on any atom is 0.253 e. The number of likely N-dealkylation sites (tertiary alicyclic amines) is 1. The van der Waals surface area contributed by atoms with E-state index in [2.05, 4.69) is 29.0 Å². The molecule has 3 aromatic rings. The summed E-state index contributed by atoms with van der Waals surface area (Å²) in [6.45, 7) is 3.46. The summed E-state index contributed by atoms with van der Waals surface area (Å²) < 4.78 is 6.09. The van der Waals surface area contributed by atoms with Crippen molar-refractivity contribution in [3.8, 4) is 17.0 Å². The summed E-state index contributed by atoms with van der Waals surface area (Å²) in [7, 11) is 0. The number of aryl methyl sites for hydroxylation is 1. The van der Waals surface area contributed by atoms with Gasteiger partial charge in [-0.25, -0.2) is 0 Å². The van der Waals surface area contributed by atoms with E-state index in [1.807, 2.05) is 41.3 Å². The molecule has 0 aliphatic carbocycles. The lowest BCUT2D eigenvalue weighted by Gasteiger charge is -2.32. The molecule has 28 heavy (non-hydrogen) atoms. The molecule has 0 saturated carbocycles. The second-order valence-electron chi connectivity index (χ2n) is 7.10. The van der Waals surface area contributed by atoms with Crippen LogP contribution in [0.3, 0.4) is 0 Å². The molecule has 1 aliphatic heterocycles. The summed E-state index contributed by atoms with van der Waals surface area (Å²) in [5.41, 5.74) is 3.54. The molecule has 2 heterocycles. The SMILES string of the molecule is Cc1cccc(OC2CCN(C(=O)c3cccc(-c4cnccn4)c3)CC2)c1. The maximum absolute atomic E-state index is 12.9. The normalized spacial score (nSPS) is 14.7. The molecular weight excluding hydrogens is 350 g/mol. The van der Waals surface area contributed by atoms with Gasteiger partial charge in [-0.3, -0.25) is 14.8 Å². The Balaban J connectivity index is 1.39. The van der Waals surface area contributed by atoms with Gasteiger partial charge in [0.05, 0.1) is 11.9 Å². The third-order valence-corrected chi connectivity index (χ3v) is 4.99. The number of amides is 1. The zero-order chi connectivity index (χ0) is 19.3. The van der Waals surface area contributed by atoms with E-state index in [1.54, 1.807) is 18.6 Å². The second-order valence-corrected chi connectivity index (χ2v) is 7.10. The quantitative estimate of drug-likeness (QED) is 0.690. The van der Waals surface area contributed by atoms with Gasteiger partial charge in [-0.05, 0) is 36.8 Å². The smallest absolute Gasteiger partial charge is 0.253 e. The zero-order valence-electron chi connectivity index (χ0n) is 15.9. The number of benzene rings is 2. The topological polar surface area (TPSA) is 55.3 Å². The number of rotatable bonds is 4. The van der Waals surface area contributed by atoms with Crippen molar-refractivity contribution in [2.24, 2.45) is 0 Å². The van der Waals surface area contributed by atoms with Crippen LogP contribution in [0.5, 0.6) is 5.75 Å². The van der Waals surface area contributed by atoms with Crippen LogP contribution in [-0.4, -0.2) is 40.0 Å². The third-order valence-electron chi connectivity index (χ3n) is 4.99. The van der Waals surface area contributed by atoms with Gasteiger partial charge in [-0.1, -0.05) is 24.3 Å². The van der Waals surface area contributed by atoms with Gasteiger partial charge in [0.15, 0.2) is 0 Å². The molecule has 142 valence electrons. The van der Waals surface area contributed by atoms with Crippen LogP contribution >= 0.6 is 0 Å². The van der Waals surface area contributed by atoms with Gasteiger partial charge < -0.3 is 9.64 Å². The fourth-order valence-corrected chi connectivity index (χ4v) is 3.50. The summed E-state index contributed by atoms with van der Waals surface area (Å²) in [4.78, 5) is 23.3. The lowest BCUT2D eigenvalue weighted by Crippen LogP contribution is -2.41. The molecule has 5 heteroatoms. The van der Waals surface area contributed by atoms with Crippen LogP contribution in [-0.2, 0) is 0 Å². The van der Waals surface area contributed by atoms with Crippen LogP contribution in [0.15, 0.2) is 67.1 Å². The van der Waals surface area contributed by atoms with E-state index in [-0.39, 0.29) is 12.0 Å². The van der Waals surface area contributed by atoms with E-state index in [0.717, 1.165) is 29.8 Å². The average Bonchev–Trinajstić information content (AvgIpc) is 2.75. The number of carbonyl (C=O) groups is 1. The van der Waals surface area contributed by atoms with E-state index < -0.39 is 0 Å². The molecule has 0 spiro atoms. The van der Waals surface area contributed by atoms with Gasteiger partial charge in [0, 0.05) is 49.5 Å². The Labute approximate surface area is 165 Å². The summed E-state index contributed by atoms with van der Waals surface area (Å²) in [5.74, 6) is 0.959. The van der Waals surface area contributed by atoms with Crippen molar-refractivity contribution in [1.82, 2.24) is 14.9 Å². The molecule has 1 saturated heterocycles. The first-order valence-corrected chi connectivity index (χ1v) is 9.58. The number of hydrogen-bond acceptors (Lipinski definition) is 4. The Bertz CT molecular complexity index is 951. The number of nitrogens with zero attached hydrogens (tertiary/aromatic N) is 3. The van der Waals surface area contributed by atoms with Gasteiger partial charge in [-0.15, -0.1) is 0 Å². The van der Waals surface area contributed by atoms with Crippen molar-refractivity contribution in [1.29, 1.82) is 0 Å². The van der Waals surface area contributed by atoms with Crippen molar-refractivity contribution < 1.29 is 9.53 Å². The lowest BCUT2D eigenvalue weighted by atomic mass is 10.0. The molecule has 1 amide bonds. The van der Waals surface area contributed by atoms with Crippen molar-refractivity contribution >= 4 is 5.91 Å². The first-order valence-electron chi connectivity index (χ1n) is 9.58. The fraction of sp³-hybridized carbons (Fsp3) is 0.261. The molecule has 0 atom stereocenters. The van der Waals surface area contributed by atoms with E-state index >= 15 is 0 Å². The Morgan fingerprint density at radius 2 is 1.89 bits per heavy atom. The maximum atomic E-state index is 12.9. The van der Waals surface area contributed by atoms with Crippen molar-refractivity contribution in [2.75, 3.05) is 13.1 Å². The first kappa shape index (κ1) is 18.2. The third kappa shape index (κ3) is 4.19. The van der Waals surface area contributed by atoms with E-state index in [1.165, 1.54) is 5.56 Å². The highest BCUT2D eigenvalue weighted by molar-refractivity contribution is 5.95. The molecule has 1 aromatic heterocycles. The highest BCUT2D eigenvalue weighted by atomic mass is 16.5. The van der Waals surface area contributed by atoms with Crippen LogP contribution in [0.1, 0.15) is 28.8 Å². The van der Waals surface area contributed by atoms with Crippen LogP contribution < -0.4 is 4.74 Å². The standard InChI is InChI=1S/C23H23N3O2/c1-17-4-2-7-21(14-17)28-20-8-12-26(13-9-20)23(27)19-6-3-5-18(15-19)22-16-24-10-11-25-22/h2-7,10-11,14-16,20H,8-9,12-13H2,1H3. The minimum absolute atomic E-state index is 0.0553. The van der Waals surface area contributed by atoms with Crippen LogP contribution in [0.2, 0.25) is 0 Å². The summed E-state index contributed by atoms with van der Waals surface area (Å²) >= 11 is 0. The minimum Gasteiger partial charge on any atom is -0.490 e. The highest BCUT2D eigenvalue weighted by Crippen LogP contribution is 2.22. The van der Waals surface area contributed by atoms with Gasteiger partial charge in [0.1, 0.15) is 11.9 Å². The van der Waals surface area contributed by atoms with Crippen molar-refractivity contribution in [3.05, 3.63) is 78.2 Å². The van der Waals surface area contributed by atoms with Crippen LogP contribution in [0.25, 0.3) is 11.3 Å². The average molecular weight is 373 g/mol. The molecule has 5 nitrogen and oxygen atoms in total. The Morgan fingerprint density at radius 3 is 2.64 bits per heavy atom. The Morgan fingerprint density at radius 1 is 1.07 bits per heavy atom. The summed E-state index contributed by atoms with van der Waals surface area (Å²) in [6.07, 6.45) is 6.83. The zero-order valence-corrected chi connectivity index (χ0v) is 15.9. The first-order chi connectivity index (χ1) is 13.7. The number of ether oxygens (including phenoxy) is 1. The van der Waals surface area contributed by atoms with Crippen molar-refractivity contribution in [3.63, 3.8) is 0 Å². The second kappa shape index (κ2) is 8.21. The Kier molecular flexibility index (Phi) is 5.33. The lowest BCUT2D eigenvalue weighted by molar-refractivity contribution is 0.0595. The minimum atomic E-state index is 0.0553. The van der Waals surface area contributed by atoms with Gasteiger partial charge >= 0.3 is 0 Å². The predicted molar refractivity (Wildman–Crippen MR) is 108 cm³/mol. The molecule has 4 rings (SSSR count). The van der Waals surface area contributed by atoms with Crippen LogP contribution in [0.4, 0.5) is 0 Å².